The highest BCUT2D eigenvalue weighted by molar-refractivity contribution is 5.93. The van der Waals surface area contributed by atoms with Crippen LogP contribution in [0.5, 0.6) is 5.75 Å². The zero-order chi connectivity index (χ0) is 25.1. The maximum atomic E-state index is 14.5. The Morgan fingerprint density at radius 3 is 2.74 bits per heavy atom. The second-order valence-corrected chi connectivity index (χ2v) is 9.96. The molecular weight excluding hydrogens is 451 g/mol. The van der Waals surface area contributed by atoms with Gasteiger partial charge in [-0.05, 0) is 46.6 Å². The van der Waals surface area contributed by atoms with Gasteiger partial charge in [-0.2, -0.15) is 9.61 Å². The van der Waals surface area contributed by atoms with Crippen molar-refractivity contribution in [2.45, 2.75) is 64.1 Å². The molecule has 0 amide bonds. The molecule has 1 fully saturated rings. The molecular formula is C24H31FN8O2. The fraction of sp³-hybridized carbons (Fsp3) is 0.500. The van der Waals surface area contributed by atoms with Crippen molar-refractivity contribution in [3.8, 4) is 5.75 Å². The van der Waals surface area contributed by atoms with Crippen LogP contribution < -0.4 is 15.4 Å². The first-order valence-corrected chi connectivity index (χ1v) is 11.8. The molecule has 0 unspecified atom stereocenters. The predicted octanol–water partition coefficient (Wildman–Crippen LogP) is 3.31. The zero-order valence-electron chi connectivity index (χ0n) is 20.6. The smallest absolute Gasteiger partial charge is 0.223 e. The number of rotatable bonds is 5. The van der Waals surface area contributed by atoms with Crippen molar-refractivity contribution in [3.05, 3.63) is 36.2 Å². The van der Waals surface area contributed by atoms with E-state index in [0.29, 0.717) is 35.0 Å². The molecule has 3 N–H and O–H groups in total. The average molecular weight is 483 g/mol. The van der Waals surface area contributed by atoms with Crippen molar-refractivity contribution in [1.82, 2.24) is 29.4 Å². The summed E-state index contributed by atoms with van der Waals surface area (Å²) in [4.78, 5) is 11.5. The average Bonchev–Trinajstić information content (AvgIpc) is 3.47. The Kier molecular flexibility index (Phi) is 5.54. The molecule has 0 radical (unpaired) electrons. The molecule has 0 saturated carbocycles. The SMILES string of the molecule is COc1cc2nc(N)n3nc([C@H]4CC[C@@H](C)N(c5cnn([C@@H](C)C(C)(C)O)c5)C4)nc3c2cc1F. The molecule has 4 aromatic rings. The number of anilines is 2. The van der Waals surface area contributed by atoms with E-state index in [0.717, 1.165) is 18.5 Å². The summed E-state index contributed by atoms with van der Waals surface area (Å²) in [6.07, 6.45) is 5.68. The lowest BCUT2D eigenvalue weighted by atomic mass is 9.92. The molecule has 3 atom stereocenters. The number of benzene rings is 1. The Labute approximate surface area is 202 Å². The fourth-order valence-electron chi connectivity index (χ4n) is 4.67. The summed E-state index contributed by atoms with van der Waals surface area (Å²) in [5.74, 6) is 0.496. The summed E-state index contributed by atoms with van der Waals surface area (Å²) >= 11 is 0. The van der Waals surface area contributed by atoms with Gasteiger partial charge < -0.3 is 20.5 Å². The third kappa shape index (κ3) is 4.03. The van der Waals surface area contributed by atoms with Crippen LogP contribution in [0.3, 0.4) is 0 Å². The van der Waals surface area contributed by atoms with Gasteiger partial charge in [-0.3, -0.25) is 4.68 Å². The summed E-state index contributed by atoms with van der Waals surface area (Å²) in [7, 11) is 1.41. The quantitative estimate of drug-likeness (QED) is 0.445. The van der Waals surface area contributed by atoms with Gasteiger partial charge in [0, 0.05) is 36.2 Å². The highest BCUT2D eigenvalue weighted by Crippen LogP contribution is 2.34. The molecule has 3 aromatic heterocycles. The van der Waals surface area contributed by atoms with E-state index in [1.807, 2.05) is 19.3 Å². The summed E-state index contributed by atoms with van der Waals surface area (Å²) in [5, 5.41) is 20.1. The standard InChI is InChI=1S/C24H31FN8O2/c1-13-6-7-15(11-31(13)16-10-27-32(12-16)14(2)24(3,4)34)21-29-22-17-8-18(25)20(35-5)9-19(17)28-23(26)33(22)30-21/h8-10,12-15,34H,6-7,11H2,1-5H3,(H2,26,28)/t13-,14+,15+/m1/s1. The monoisotopic (exact) mass is 482 g/mol. The highest BCUT2D eigenvalue weighted by Gasteiger charge is 2.32. The maximum Gasteiger partial charge on any atom is 0.223 e. The van der Waals surface area contributed by atoms with Gasteiger partial charge in [0.25, 0.3) is 0 Å². The van der Waals surface area contributed by atoms with Gasteiger partial charge >= 0.3 is 0 Å². The zero-order valence-corrected chi connectivity index (χ0v) is 20.6. The Bertz CT molecular complexity index is 1390. The molecule has 186 valence electrons. The maximum absolute atomic E-state index is 14.5. The van der Waals surface area contributed by atoms with Gasteiger partial charge in [-0.15, -0.1) is 5.10 Å². The number of hydrogen-bond donors (Lipinski definition) is 2. The second-order valence-electron chi connectivity index (χ2n) is 9.96. The molecule has 1 saturated heterocycles. The normalized spacial score (nSPS) is 20.0. The number of aliphatic hydroxyl groups is 1. The number of nitrogens with zero attached hydrogens (tertiary/aromatic N) is 7. The van der Waals surface area contributed by atoms with Crippen LogP contribution in [0.25, 0.3) is 16.6 Å². The number of piperidine rings is 1. The largest absolute Gasteiger partial charge is 0.494 e. The van der Waals surface area contributed by atoms with E-state index in [2.05, 4.69) is 27.0 Å². The van der Waals surface area contributed by atoms with Crippen molar-refractivity contribution >= 4 is 28.2 Å². The number of ether oxygens (including phenoxy) is 1. The van der Waals surface area contributed by atoms with Crippen LogP contribution in [-0.4, -0.2) is 59.8 Å². The Hall–Kier alpha value is -3.47. The van der Waals surface area contributed by atoms with Crippen LogP contribution in [0.15, 0.2) is 24.5 Å². The van der Waals surface area contributed by atoms with Crippen molar-refractivity contribution in [2.75, 3.05) is 24.3 Å². The van der Waals surface area contributed by atoms with E-state index in [9.17, 15) is 9.50 Å². The van der Waals surface area contributed by atoms with Crippen molar-refractivity contribution in [3.63, 3.8) is 0 Å². The van der Waals surface area contributed by atoms with Gasteiger partial charge in [-0.25, -0.2) is 14.4 Å². The Balaban J connectivity index is 1.48. The number of methoxy groups -OCH3 is 1. The molecule has 1 aliphatic rings. The minimum atomic E-state index is -0.889. The van der Waals surface area contributed by atoms with Crippen LogP contribution in [-0.2, 0) is 0 Å². The van der Waals surface area contributed by atoms with Crippen LogP contribution in [0.2, 0.25) is 0 Å². The van der Waals surface area contributed by atoms with Gasteiger partial charge in [0.1, 0.15) is 0 Å². The third-order valence-electron chi connectivity index (χ3n) is 7.17. The minimum absolute atomic E-state index is 0.0544. The van der Waals surface area contributed by atoms with Gasteiger partial charge in [0.2, 0.25) is 5.95 Å². The molecule has 10 nitrogen and oxygen atoms in total. The van der Waals surface area contributed by atoms with E-state index in [4.69, 9.17) is 15.5 Å². The van der Waals surface area contributed by atoms with E-state index in [1.165, 1.54) is 23.8 Å². The first-order chi connectivity index (χ1) is 16.6. The number of halogens is 1. The topological polar surface area (TPSA) is 120 Å². The molecule has 1 aromatic carbocycles. The van der Waals surface area contributed by atoms with E-state index in [-0.39, 0.29) is 23.7 Å². The van der Waals surface area contributed by atoms with Crippen molar-refractivity contribution in [1.29, 1.82) is 0 Å². The number of nitrogens with two attached hydrogens (primary N) is 1. The molecule has 11 heteroatoms. The molecule has 0 bridgehead atoms. The van der Waals surface area contributed by atoms with E-state index < -0.39 is 11.4 Å². The van der Waals surface area contributed by atoms with Crippen LogP contribution >= 0.6 is 0 Å². The Morgan fingerprint density at radius 1 is 1.26 bits per heavy atom. The van der Waals surface area contributed by atoms with Gasteiger partial charge in [-0.1, -0.05) is 0 Å². The lowest BCUT2D eigenvalue weighted by Crippen LogP contribution is -2.41. The molecule has 1 aliphatic heterocycles. The first kappa shape index (κ1) is 23.3. The summed E-state index contributed by atoms with van der Waals surface area (Å²) in [5.41, 5.74) is 7.25. The molecule has 5 rings (SSSR count). The summed E-state index contributed by atoms with van der Waals surface area (Å²) < 4.78 is 22.8. The lowest BCUT2D eigenvalue weighted by Gasteiger charge is -2.38. The first-order valence-electron chi connectivity index (χ1n) is 11.8. The minimum Gasteiger partial charge on any atom is -0.494 e. The number of nitrogen functional groups attached to an aromatic ring is 1. The van der Waals surface area contributed by atoms with Crippen molar-refractivity contribution < 1.29 is 14.2 Å². The van der Waals surface area contributed by atoms with Gasteiger partial charge in [0.15, 0.2) is 23.0 Å². The lowest BCUT2D eigenvalue weighted by molar-refractivity contribution is 0.0258. The summed E-state index contributed by atoms with van der Waals surface area (Å²) in [6, 6.07) is 3.02. The molecule has 35 heavy (non-hydrogen) atoms. The molecule has 0 aliphatic carbocycles. The summed E-state index contributed by atoms with van der Waals surface area (Å²) in [6.45, 7) is 8.39. The van der Waals surface area contributed by atoms with E-state index >= 15 is 0 Å². The number of aromatic nitrogens is 6. The Morgan fingerprint density at radius 2 is 2.03 bits per heavy atom. The molecule has 4 heterocycles. The second kappa shape index (κ2) is 8.33. The number of hydrogen-bond acceptors (Lipinski definition) is 8. The predicted molar refractivity (Wildman–Crippen MR) is 131 cm³/mol. The van der Waals surface area contributed by atoms with Crippen LogP contribution in [0.4, 0.5) is 16.0 Å². The number of fused-ring (bicyclic) bond motifs is 3. The van der Waals surface area contributed by atoms with Gasteiger partial charge in [0.05, 0.1) is 36.2 Å². The van der Waals surface area contributed by atoms with Crippen LogP contribution in [0.1, 0.15) is 58.3 Å². The third-order valence-corrected chi connectivity index (χ3v) is 7.17. The van der Waals surface area contributed by atoms with Crippen molar-refractivity contribution in [2.24, 2.45) is 0 Å². The van der Waals surface area contributed by atoms with Crippen LogP contribution in [0, 0.1) is 5.82 Å². The molecule has 0 spiro atoms. The van der Waals surface area contributed by atoms with E-state index in [1.54, 1.807) is 18.5 Å². The fourth-order valence-corrected chi connectivity index (χ4v) is 4.67. The highest BCUT2D eigenvalue weighted by atomic mass is 19.1.